The molecule has 1 aliphatic rings. The number of hydrogen-bond donors (Lipinski definition) is 8. The Labute approximate surface area is 271 Å². The molecule has 14 heteroatoms. The molecule has 5 amide bonds. The van der Waals surface area contributed by atoms with E-state index in [1.54, 1.807) is 12.1 Å². The Morgan fingerprint density at radius 1 is 0.745 bits per heavy atom. The molecule has 47 heavy (non-hydrogen) atoms. The Kier molecular flexibility index (Phi) is 11.7. The van der Waals surface area contributed by atoms with E-state index in [2.05, 4.69) is 31.6 Å². The number of nitrogens with zero attached hydrogens (tertiary/aromatic N) is 1. The highest BCUT2D eigenvalue weighted by Crippen LogP contribution is 2.17. The standard InChI is InChI=1S/C33H40N8O6/c1-19-29(44)40-25(7-4-14-36-33(34)35)31(46)41-26(17-21-8-11-22-5-2-3-6-23(22)15-21)30(45)37-18-28(43)39-27(32(47)38-19)16-20-9-12-24(42)13-10-20/h2-3,5-6,8-13,15,19,25-27,42H,4,7,14,16-18H2,1H3,(H,37,45)(H,38,47)(H,39,43)(H,40,44)(H,41,46)(H4,34,35,36)/t19-,25+,26-,27-/m1/s1. The van der Waals surface area contributed by atoms with Crippen LogP contribution < -0.4 is 38.1 Å². The lowest BCUT2D eigenvalue weighted by molar-refractivity contribution is -0.133. The van der Waals surface area contributed by atoms with Gasteiger partial charge in [0, 0.05) is 19.4 Å². The summed E-state index contributed by atoms with van der Waals surface area (Å²) >= 11 is 0. The third-order valence-electron chi connectivity index (χ3n) is 7.67. The second-order valence-corrected chi connectivity index (χ2v) is 11.4. The number of carbonyl (C=O) groups excluding carboxylic acids is 5. The maximum absolute atomic E-state index is 13.6. The van der Waals surface area contributed by atoms with E-state index in [4.69, 9.17) is 11.5 Å². The van der Waals surface area contributed by atoms with E-state index in [9.17, 15) is 29.1 Å². The largest absolute Gasteiger partial charge is 0.508 e. The predicted octanol–water partition coefficient (Wildman–Crippen LogP) is -0.527. The van der Waals surface area contributed by atoms with Crippen molar-refractivity contribution in [3.63, 3.8) is 0 Å². The van der Waals surface area contributed by atoms with Crippen molar-refractivity contribution in [2.24, 2.45) is 16.5 Å². The summed E-state index contributed by atoms with van der Waals surface area (Å²) in [5, 5.41) is 24.8. The van der Waals surface area contributed by atoms with Crippen LogP contribution in [0.4, 0.5) is 0 Å². The van der Waals surface area contributed by atoms with Gasteiger partial charge < -0.3 is 43.2 Å². The minimum Gasteiger partial charge on any atom is -0.508 e. The summed E-state index contributed by atoms with van der Waals surface area (Å²) in [6.07, 6.45) is 0.589. The fourth-order valence-corrected chi connectivity index (χ4v) is 5.14. The van der Waals surface area contributed by atoms with Gasteiger partial charge in [-0.15, -0.1) is 0 Å². The van der Waals surface area contributed by atoms with Crippen LogP contribution in [0.5, 0.6) is 5.75 Å². The number of rotatable bonds is 8. The third kappa shape index (κ3) is 10.2. The lowest BCUT2D eigenvalue weighted by Gasteiger charge is -2.24. The van der Waals surface area contributed by atoms with E-state index in [0.29, 0.717) is 12.0 Å². The van der Waals surface area contributed by atoms with Gasteiger partial charge in [0.05, 0.1) is 6.54 Å². The van der Waals surface area contributed by atoms with Crippen molar-refractivity contribution in [1.29, 1.82) is 0 Å². The van der Waals surface area contributed by atoms with Crippen molar-refractivity contribution in [2.45, 2.75) is 56.8 Å². The van der Waals surface area contributed by atoms with Gasteiger partial charge >= 0.3 is 0 Å². The molecule has 1 heterocycles. The first-order valence-electron chi connectivity index (χ1n) is 15.3. The Balaban J connectivity index is 1.61. The fraction of sp³-hybridized carbons (Fsp3) is 0.333. The third-order valence-corrected chi connectivity index (χ3v) is 7.67. The van der Waals surface area contributed by atoms with Gasteiger partial charge in [-0.05, 0) is 53.8 Å². The van der Waals surface area contributed by atoms with Gasteiger partial charge in [-0.3, -0.25) is 29.0 Å². The zero-order chi connectivity index (χ0) is 33.9. The minimum atomic E-state index is -1.12. The molecule has 4 rings (SSSR count). The summed E-state index contributed by atoms with van der Waals surface area (Å²) in [5.41, 5.74) is 12.2. The predicted molar refractivity (Wildman–Crippen MR) is 176 cm³/mol. The minimum absolute atomic E-state index is 0.0339. The smallest absolute Gasteiger partial charge is 0.243 e. The van der Waals surface area contributed by atoms with Crippen LogP contribution in [-0.4, -0.2) is 77.9 Å². The molecule has 1 saturated heterocycles. The van der Waals surface area contributed by atoms with Crippen molar-refractivity contribution in [3.8, 4) is 5.75 Å². The van der Waals surface area contributed by atoms with E-state index >= 15 is 0 Å². The zero-order valence-corrected chi connectivity index (χ0v) is 26.0. The van der Waals surface area contributed by atoms with E-state index < -0.39 is 60.2 Å². The SMILES string of the molecule is C[C@H]1NC(=O)[C@@H](Cc2ccc(O)cc2)NC(=O)CNC(=O)[C@@H](Cc2ccc3ccccc3c2)NC(=O)[C@H](CCCN=C(N)N)NC1=O. The Bertz CT molecular complexity index is 1640. The van der Waals surface area contributed by atoms with Crippen LogP contribution in [-0.2, 0) is 36.8 Å². The summed E-state index contributed by atoms with van der Waals surface area (Å²) in [7, 11) is 0. The molecule has 1 aliphatic heterocycles. The second kappa shape index (κ2) is 16.1. The molecule has 3 aromatic rings. The van der Waals surface area contributed by atoms with Crippen molar-refractivity contribution in [1.82, 2.24) is 26.6 Å². The van der Waals surface area contributed by atoms with Crippen LogP contribution in [0.1, 0.15) is 30.9 Å². The average molecular weight is 645 g/mol. The first-order chi connectivity index (χ1) is 22.5. The molecule has 0 aliphatic carbocycles. The number of guanidine groups is 1. The van der Waals surface area contributed by atoms with Crippen molar-refractivity contribution >= 4 is 46.3 Å². The monoisotopic (exact) mass is 644 g/mol. The van der Waals surface area contributed by atoms with Crippen molar-refractivity contribution < 1.29 is 29.1 Å². The summed E-state index contributed by atoms with van der Waals surface area (Å²) in [6.45, 7) is 1.17. The molecule has 0 aromatic heterocycles. The number of aliphatic imine (C=N–C) groups is 1. The maximum atomic E-state index is 13.6. The van der Waals surface area contributed by atoms with Gasteiger partial charge in [-0.25, -0.2) is 0 Å². The van der Waals surface area contributed by atoms with Gasteiger partial charge in [-0.1, -0.05) is 54.6 Å². The van der Waals surface area contributed by atoms with Gasteiger partial charge in [0.2, 0.25) is 29.5 Å². The molecule has 10 N–H and O–H groups in total. The molecule has 0 bridgehead atoms. The van der Waals surface area contributed by atoms with Crippen LogP contribution in [0, 0.1) is 0 Å². The molecule has 4 atom stereocenters. The van der Waals surface area contributed by atoms with Crippen LogP contribution in [0.3, 0.4) is 0 Å². The van der Waals surface area contributed by atoms with Gasteiger partial charge in [-0.2, -0.15) is 0 Å². The molecule has 0 spiro atoms. The van der Waals surface area contributed by atoms with E-state index in [1.807, 2.05) is 42.5 Å². The van der Waals surface area contributed by atoms with Crippen molar-refractivity contribution in [3.05, 3.63) is 77.9 Å². The number of benzene rings is 3. The van der Waals surface area contributed by atoms with Crippen molar-refractivity contribution in [2.75, 3.05) is 13.1 Å². The number of nitrogens with two attached hydrogens (primary N) is 2. The van der Waals surface area contributed by atoms with Crippen LogP contribution in [0.25, 0.3) is 10.8 Å². The number of carbonyl (C=O) groups is 5. The average Bonchev–Trinajstić information content (AvgIpc) is 3.04. The molecular formula is C33H40N8O6. The number of phenols is 1. The number of fused-ring (bicyclic) bond motifs is 1. The highest BCUT2D eigenvalue weighted by atomic mass is 16.3. The molecule has 14 nitrogen and oxygen atoms in total. The molecule has 1 fully saturated rings. The molecule has 0 radical (unpaired) electrons. The van der Waals surface area contributed by atoms with Crippen LogP contribution >= 0.6 is 0 Å². The molecule has 0 unspecified atom stereocenters. The van der Waals surface area contributed by atoms with E-state index in [-0.39, 0.29) is 37.5 Å². The highest BCUT2D eigenvalue weighted by Gasteiger charge is 2.31. The van der Waals surface area contributed by atoms with E-state index in [1.165, 1.54) is 19.1 Å². The topological polar surface area (TPSA) is 230 Å². The summed E-state index contributed by atoms with van der Waals surface area (Å²) < 4.78 is 0. The fourth-order valence-electron chi connectivity index (χ4n) is 5.14. The van der Waals surface area contributed by atoms with E-state index in [0.717, 1.165) is 16.3 Å². The Morgan fingerprint density at radius 2 is 1.36 bits per heavy atom. The quantitative estimate of drug-likeness (QED) is 0.0901. The van der Waals surface area contributed by atoms with Gasteiger partial charge in [0.1, 0.15) is 29.9 Å². The zero-order valence-electron chi connectivity index (χ0n) is 26.0. The summed E-state index contributed by atoms with van der Waals surface area (Å²) in [6, 6.07) is 15.1. The first kappa shape index (κ1) is 34.2. The number of amides is 5. The molecule has 248 valence electrons. The van der Waals surface area contributed by atoms with Gasteiger partial charge in [0.25, 0.3) is 0 Å². The molecular weight excluding hydrogens is 604 g/mol. The molecule has 3 aromatic carbocycles. The van der Waals surface area contributed by atoms with Crippen LogP contribution in [0.2, 0.25) is 0 Å². The number of phenolic OH excluding ortho intramolecular Hbond substituents is 1. The van der Waals surface area contributed by atoms with Crippen LogP contribution in [0.15, 0.2) is 71.7 Å². The lowest BCUT2D eigenvalue weighted by atomic mass is 10.0. The summed E-state index contributed by atoms with van der Waals surface area (Å²) in [4.78, 5) is 70.6. The maximum Gasteiger partial charge on any atom is 0.243 e. The van der Waals surface area contributed by atoms with Gasteiger partial charge in [0.15, 0.2) is 5.96 Å². The lowest BCUT2D eigenvalue weighted by Crippen LogP contribution is -2.57. The normalized spacial score (nSPS) is 21.3. The molecule has 0 saturated carbocycles. The number of aromatic hydroxyl groups is 1. The Morgan fingerprint density at radius 3 is 2.09 bits per heavy atom. The second-order valence-electron chi connectivity index (χ2n) is 11.4. The highest BCUT2D eigenvalue weighted by molar-refractivity contribution is 5.97. The first-order valence-corrected chi connectivity index (χ1v) is 15.3. The Hall–Kier alpha value is -5.66. The number of hydrogen-bond acceptors (Lipinski definition) is 7. The number of nitrogens with one attached hydrogen (secondary N) is 5. The summed E-state index contributed by atoms with van der Waals surface area (Å²) in [5.74, 6) is -3.31.